The molecule has 1 atom stereocenters. The summed E-state index contributed by atoms with van der Waals surface area (Å²) in [4.78, 5) is 1.19. The van der Waals surface area contributed by atoms with Gasteiger partial charge in [0.15, 0.2) is 0 Å². The second kappa shape index (κ2) is 5.87. The van der Waals surface area contributed by atoms with Gasteiger partial charge in [0.25, 0.3) is 0 Å². The molecular weight excluding hydrogens is 310 g/mol. The lowest BCUT2D eigenvalue weighted by Crippen LogP contribution is -2.12. The zero-order valence-electron chi connectivity index (χ0n) is 10.4. The monoisotopic (exact) mass is 325 g/mol. The van der Waals surface area contributed by atoms with Gasteiger partial charge in [-0.2, -0.15) is 0 Å². The van der Waals surface area contributed by atoms with Crippen LogP contribution in [0.5, 0.6) is 5.75 Å². The van der Waals surface area contributed by atoms with Crippen molar-refractivity contribution in [1.82, 2.24) is 0 Å². The maximum atomic E-state index is 6.25. The number of aryl methyl sites for hydroxylation is 1. The van der Waals surface area contributed by atoms with Crippen molar-refractivity contribution in [2.24, 2.45) is 5.73 Å². The van der Waals surface area contributed by atoms with Gasteiger partial charge in [0.2, 0.25) is 0 Å². The molecule has 0 fully saturated rings. The van der Waals surface area contributed by atoms with Crippen LogP contribution in [0.25, 0.3) is 0 Å². The minimum Gasteiger partial charge on any atom is -0.496 e. The third-order valence-corrected chi connectivity index (χ3v) is 4.59. The van der Waals surface area contributed by atoms with Gasteiger partial charge in [0, 0.05) is 10.9 Å². The quantitative estimate of drug-likeness (QED) is 0.919. The SMILES string of the molecule is COc1ccc(C)cc1CC(N)c1ccc(Br)s1. The molecule has 1 unspecified atom stereocenters. The van der Waals surface area contributed by atoms with E-state index in [2.05, 4.69) is 41.1 Å². The van der Waals surface area contributed by atoms with Crippen LogP contribution in [0, 0.1) is 6.92 Å². The topological polar surface area (TPSA) is 35.2 Å². The molecule has 2 nitrogen and oxygen atoms in total. The lowest BCUT2D eigenvalue weighted by molar-refractivity contribution is 0.408. The van der Waals surface area contributed by atoms with E-state index < -0.39 is 0 Å². The molecule has 1 heterocycles. The summed E-state index contributed by atoms with van der Waals surface area (Å²) in [5.41, 5.74) is 8.64. The fourth-order valence-corrected chi connectivity index (χ4v) is 3.36. The molecule has 96 valence electrons. The number of hydrogen-bond donors (Lipinski definition) is 1. The van der Waals surface area contributed by atoms with E-state index >= 15 is 0 Å². The average molecular weight is 326 g/mol. The Bertz CT molecular complexity index is 538. The third-order valence-electron chi connectivity index (χ3n) is 2.84. The van der Waals surface area contributed by atoms with Gasteiger partial charge in [-0.15, -0.1) is 11.3 Å². The lowest BCUT2D eigenvalue weighted by atomic mass is 10.0. The van der Waals surface area contributed by atoms with Crippen LogP contribution in [0.1, 0.15) is 22.0 Å². The van der Waals surface area contributed by atoms with Gasteiger partial charge >= 0.3 is 0 Å². The highest BCUT2D eigenvalue weighted by Crippen LogP contribution is 2.30. The molecule has 2 aromatic rings. The maximum absolute atomic E-state index is 6.25. The predicted molar refractivity (Wildman–Crippen MR) is 80.4 cm³/mol. The lowest BCUT2D eigenvalue weighted by Gasteiger charge is -2.13. The molecule has 0 aliphatic heterocycles. The first-order chi connectivity index (χ1) is 8.60. The summed E-state index contributed by atoms with van der Waals surface area (Å²) in [6.07, 6.45) is 0.789. The van der Waals surface area contributed by atoms with Gasteiger partial charge in [-0.25, -0.2) is 0 Å². The second-order valence-electron chi connectivity index (χ2n) is 4.27. The second-order valence-corrected chi connectivity index (χ2v) is 6.76. The van der Waals surface area contributed by atoms with Crippen LogP contribution >= 0.6 is 27.3 Å². The van der Waals surface area contributed by atoms with E-state index in [1.807, 2.05) is 12.1 Å². The third kappa shape index (κ3) is 3.13. The molecule has 0 amide bonds. The van der Waals surface area contributed by atoms with E-state index in [9.17, 15) is 0 Å². The van der Waals surface area contributed by atoms with Crippen LogP contribution in [0.15, 0.2) is 34.1 Å². The molecule has 0 spiro atoms. The van der Waals surface area contributed by atoms with E-state index in [0.717, 1.165) is 21.5 Å². The summed E-state index contributed by atoms with van der Waals surface area (Å²) in [7, 11) is 1.70. The number of hydrogen-bond acceptors (Lipinski definition) is 3. The Morgan fingerprint density at radius 3 is 2.72 bits per heavy atom. The zero-order chi connectivity index (χ0) is 13.1. The first-order valence-corrected chi connectivity index (χ1v) is 7.35. The fourth-order valence-electron chi connectivity index (χ4n) is 1.93. The Balaban J connectivity index is 2.20. The van der Waals surface area contributed by atoms with E-state index in [1.54, 1.807) is 18.4 Å². The van der Waals surface area contributed by atoms with E-state index in [1.165, 1.54) is 10.4 Å². The molecule has 4 heteroatoms. The number of methoxy groups -OCH3 is 1. The number of thiophene rings is 1. The summed E-state index contributed by atoms with van der Waals surface area (Å²) >= 11 is 5.15. The molecule has 0 aliphatic carbocycles. The van der Waals surface area contributed by atoms with Crippen LogP contribution in [-0.2, 0) is 6.42 Å². The summed E-state index contributed by atoms with van der Waals surface area (Å²) < 4.78 is 6.50. The number of benzene rings is 1. The molecule has 18 heavy (non-hydrogen) atoms. The van der Waals surface area contributed by atoms with E-state index in [0.29, 0.717) is 0 Å². The first kappa shape index (κ1) is 13.6. The summed E-state index contributed by atoms with van der Waals surface area (Å²) in [5.74, 6) is 0.909. The Morgan fingerprint density at radius 1 is 1.33 bits per heavy atom. The van der Waals surface area contributed by atoms with Crippen molar-refractivity contribution < 1.29 is 4.74 Å². The van der Waals surface area contributed by atoms with E-state index in [-0.39, 0.29) is 6.04 Å². The van der Waals surface area contributed by atoms with Crippen LogP contribution in [0.4, 0.5) is 0 Å². The zero-order valence-corrected chi connectivity index (χ0v) is 12.8. The van der Waals surface area contributed by atoms with Gasteiger partial charge < -0.3 is 10.5 Å². The van der Waals surface area contributed by atoms with Crippen molar-refractivity contribution in [1.29, 1.82) is 0 Å². The minimum atomic E-state index is 0.0111. The summed E-state index contributed by atoms with van der Waals surface area (Å²) in [5, 5.41) is 0. The smallest absolute Gasteiger partial charge is 0.122 e. The van der Waals surface area contributed by atoms with Crippen molar-refractivity contribution >= 4 is 27.3 Å². The normalized spacial score (nSPS) is 12.4. The minimum absolute atomic E-state index is 0.0111. The molecule has 0 saturated heterocycles. The Hall–Kier alpha value is -0.840. The first-order valence-electron chi connectivity index (χ1n) is 5.74. The molecule has 1 aromatic heterocycles. The van der Waals surface area contributed by atoms with Gasteiger partial charge in [0.1, 0.15) is 5.75 Å². The molecule has 1 aromatic carbocycles. The van der Waals surface area contributed by atoms with Crippen LogP contribution in [-0.4, -0.2) is 7.11 Å². The van der Waals surface area contributed by atoms with Crippen molar-refractivity contribution in [3.8, 4) is 5.75 Å². The molecule has 0 aliphatic rings. The highest BCUT2D eigenvalue weighted by atomic mass is 79.9. The summed E-state index contributed by atoms with van der Waals surface area (Å²) in [6.45, 7) is 2.08. The highest BCUT2D eigenvalue weighted by Gasteiger charge is 2.12. The predicted octanol–water partition coefficient (Wildman–Crippen LogP) is 4.07. The van der Waals surface area contributed by atoms with Crippen molar-refractivity contribution in [2.75, 3.05) is 7.11 Å². The highest BCUT2D eigenvalue weighted by molar-refractivity contribution is 9.11. The maximum Gasteiger partial charge on any atom is 0.122 e. The molecule has 0 saturated carbocycles. The van der Waals surface area contributed by atoms with Crippen LogP contribution < -0.4 is 10.5 Å². The molecule has 2 rings (SSSR count). The van der Waals surface area contributed by atoms with Crippen molar-refractivity contribution in [3.63, 3.8) is 0 Å². The number of ether oxygens (including phenoxy) is 1. The van der Waals surface area contributed by atoms with Crippen molar-refractivity contribution in [3.05, 3.63) is 50.1 Å². The molecular formula is C14H16BrNOS. The number of nitrogens with two attached hydrogens (primary N) is 1. The van der Waals surface area contributed by atoms with Gasteiger partial charge in [0.05, 0.1) is 10.9 Å². The Morgan fingerprint density at radius 2 is 2.11 bits per heavy atom. The van der Waals surface area contributed by atoms with Crippen LogP contribution in [0.3, 0.4) is 0 Å². The van der Waals surface area contributed by atoms with Gasteiger partial charge in [-0.3, -0.25) is 0 Å². The number of rotatable bonds is 4. The Labute approximate surface area is 120 Å². The standard InChI is InChI=1S/C14H16BrNOS/c1-9-3-4-12(17-2)10(7-9)8-11(16)13-5-6-14(15)18-13/h3-7,11H,8,16H2,1-2H3. The molecule has 2 N–H and O–H groups in total. The molecule has 0 bridgehead atoms. The van der Waals surface area contributed by atoms with Gasteiger partial charge in [-0.05, 0) is 53.0 Å². The average Bonchev–Trinajstić information content (AvgIpc) is 2.76. The van der Waals surface area contributed by atoms with Crippen molar-refractivity contribution in [2.45, 2.75) is 19.4 Å². The van der Waals surface area contributed by atoms with Crippen LogP contribution in [0.2, 0.25) is 0 Å². The summed E-state index contributed by atoms with van der Waals surface area (Å²) in [6, 6.07) is 10.3. The van der Waals surface area contributed by atoms with E-state index in [4.69, 9.17) is 10.5 Å². The molecule has 0 radical (unpaired) electrons. The van der Waals surface area contributed by atoms with Gasteiger partial charge in [-0.1, -0.05) is 17.7 Å². The largest absolute Gasteiger partial charge is 0.496 e. The fraction of sp³-hybridized carbons (Fsp3) is 0.286. The number of halogens is 1. The Kier molecular flexibility index (Phi) is 4.43.